The fourth-order valence-corrected chi connectivity index (χ4v) is 4.13. The molecule has 0 spiro atoms. The lowest BCUT2D eigenvalue weighted by atomic mass is 9.95. The standard InChI is InChI=1S/C17H34N2/c1-3-12-18-17-10-7-8-15(17)11-14-19-13-6-5-9-16(19)4-2/h15-18H,3-14H2,1-2H3. The normalized spacial score (nSPS) is 32.8. The molecule has 1 aliphatic carbocycles. The van der Waals surface area contributed by atoms with Gasteiger partial charge in [0.25, 0.3) is 0 Å². The van der Waals surface area contributed by atoms with Crippen molar-refractivity contribution in [3.05, 3.63) is 0 Å². The Hall–Kier alpha value is -0.0800. The lowest BCUT2D eigenvalue weighted by Gasteiger charge is -2.36. The van der Waals surface area contributed by atoms with E-state index in [4.69, 9.17) is 0 Å². The van der Waals surface area contributed by atoms with Crippen LogP contribution in [0.2, 0.25) is 0 Å². The second-order valence-corrected chi connectivity index (χ2v) is 6.63. The quantitative estimate of drug-likeness (QED) is 0.754. The van der Waals surface area contributed by atoms with E-state index in [9.17, 15) is 0 Å². The van der Waals surface area contributed by atoms with Crippen LogP contribution in [0, 0.1) is 5.92 Å². The maximum absolute atomic E-state index is 3.78. The van der Waals surface area contributed by atoms with Crippen LogP contribution in [0.5, 0.6) is 0 Å². The number of piperidine rings is 1. The Bertz CT molecular complexity index is 241. The highest BCUT2D eigenvalue weighted by Crippen LogP contribution is 2.30. The maximum atomic E-state index is 3.78. The molecular formula is C17H34N2. The first kappa shape index (κ1) is 15.3. The third-order valence-electron chi connectivity index (χ3n) is 5.32. The molecule has 0 amide bonds. The van der Waals surface area contributed by atoms with Crippen LogP contribution >= 0.6 is 0 Å². The van der Waals surface area contributed by atoms with Gasteiger partial charge in [0.2, 0.25) is 0 Å². The van der Waals surface area contributed by atoms with E-state index in [1.54, 1.807) is 0 Å². The highest BCUT2D eigenvalue weighted by molar-refractivity contribution is 4.85. The average molecular weight is 266 g/mol. The zero-order valence-corrected chi connectivity index (χ0v) is 13.2. The molecule has 1 heterocycles. The molecule has 2 rings (SSSR count). The molecule has 2 nitrogen and oxygen atoms in total. The van der Waals surface area contributed by atoms with Gasteiger partial charge >= 0.3 is 0 Å². The molecule has 1 N–H and O–H groups in total. The molecule has 3 atom stereocenters. The molecule has 2 aliphatic rings. The van der Waals surface area contributed by atoms with Crippen LogP contribution in [0.25, 0.3) is 0 Å². The van der Waals surface area contributed by atoms with Crippen molar-refractivity contribution in [3.63, 3.8) is 0 Å². The summed E-state index contributed by atoms with van der Waals surface area (Å²) in [6.07, 6.45) is 12.7. The topological polar surface area (TPSA) is 15.3 Å². The molecule has 112 valence electrons. The monoisotopic (exact) mass is 266 g/mol. The first-order valence-electron chi connectivity index (χ1n) is 8.82. The molecule has 0 aromatic carbocycles. The van der Waals surface area contributed by atoms with Crippen LogP contribution in [0.15, 0.2) is 0 Å². The van der Waals surface area contributed by atoms with Crippen LogP contribution in [-0.4, -0.2) is 36.6 Å². The van der Waals surface area contributed by atoms with E-state index in [-0.39, 0.29) is 0 Å². The van der Waals surface area contributed by atoms with Gasteiger partial charge in [-0.15, -0.1) is 0 Å². The van der Waals surface area contributed by atoms with E-state index in [1.165, 1.54) is 77.4 Å². The van der Waals surface area contributed by atoms with E-state index in [1.807, 2.05) is 0 Å². The molecule has 2 heteroatoms. The summed E-state index contributed by atoms with van der Waals surface area (Å²) in [6.45, 7) is 8.56. The van der Waals surface area contributed by atoms with Crippen LogP contribution in [0.1, 0.15) is 71.6 Å². The molecule has 0 radical (unpaired) electrons. The molecule has 1 saturated heterocycles. The van der Waals surface area contributed by atoms with Crippen molar-refractivity contribution in [2.75, 3.05) is 19.6 Å². The zero-order valence-electron chi connectivity index (χ0n) is 13.2. The first-order chi connectivity index (χ1) is 9.35. The molecule has 0 aromatic heterocycles. The van der Waals surface area contributed by atoms with Crippen molar-refractivity contribution in [2.24, 2.45) is 5.92 Å². The summed E-state index contributed by atoms with van der Waals surface area (Å²) in [7, 11) is 0. The van der Waals surface area contributed by atoms with Crippen molar-refractivity contribution < 1.29 is 0 Å². The summed E-state index contributed by atoms with van der Waals surface area (Å²) in [5, 5.41) is 3.78. The lowest BCUT2D eigenvalue weighted by molar-refractivity contribution is 0.132. The molecule has 1 aliphatic heterocycles. The average Bonchev–Trinajstić information content (AvgIpc) is 2.90. The van der Waals surface area contributed by atoms with Gasteiger partial charge in [-0.1, -0.05) is 26.7 Å². The minimum Gasteiger partial charge on any atom is -0.314 e. The highest BCUT2D eigenvalue weighted by Gasteiger charge is 2.28. The number of rotatable bonds is 7. The Morgan fingerprint density at radius 3 is 2.74 bits per heavy atom. The van der Waals surface area contributed by atoms with Crippen molar-refractivity contribution in [1.82, 2.24) is 10.2 Å². The number of nitrogens with zero attached hydrogens (tertiary/aromatic N) is 1. The number of hydrogen-bond donors (Lipinski definition) is 1. The fourth-order valence-electron chi connectivity index (χ4n) is 4.13. The highest BCUT2D eigenvalue weighted by atomic mass is 15.2. The zero-order chi connectivity index (χ0) is 13.5. The van der Waals surface area contributed by atoms with Gasteiger partial charge in [0.15, 0.2) is 0 Å². The number of hydrogen-bond acceptors (Lipinski definition) is 2. The van der Waals surface area contributed by atoms with Gasteiger partial charge in [0, 0.05) is 12.1 Å². The molecule has 2 fully saturated rings. The Labute approximate surface area is 120 Å². The predicted octanol–water partition coefficient (Wildman–Crippen LogP) is 3.81. The summed E-state index contributed by atoms with van der Waals surface area (Å²) < 4.78 is 0. The van der Waals surface area contributed by atoms with Gasteiger partial charge in [-0.3, -0.25) is 0 Å². The van der Waals surface area contributed by atoms with Crippen LogP contribution < -0.4 is 5.32 Å². The van der Waals surface area contributed by atoms with E-state index < -0.39 is 0 Å². The SMILES string of the molecule is CCCNC1CCCC1CCN1CCCCC1CC. The van der Waals surface area contributed by atoms with Crippen molar-refractivity contribution in [2.45, 2.75) is 83.7 Å². The largest absolute Gasteiger partial charge is 0.314 e. The van der Waals surface area contributed by atoms with E-state index in [0.717, 1.165) is 18.0 Å². The second-order valence-electron chi connectivity index (χ2n) is 6.63. The Morgan fingerprint density at radius 2 is 1.95 bits per heavy atom. The van der Waals surface area contributed by atoms with Crippen LogP contribution in [0.3, 0.4) is 0 Å². The van der Waals surface area contributed by atoms with Crippen LogP contribution in [0.4, 0.5) is 0 Å². The van der Waals surface area contributed by atoms with Gasteiger partial charge in [-0.05, 0) is 70.5 Å². The third kappa shape index (κ3) is 4.46. The molecule has 1 saturated carbocycles. The predicted molar refractivity (Wildman–Crippen MR) is 83.5 cm³/mol. The summed E-state index contributed by atoms with van der Waals surface area (Å²) in [5.74, 6) is 0.950. The van der Waals surface area contributed by atoms with Gasteiger partial charge in [0.05, 0.1) is 0 Å². The molecule has 3 unspecified atom stereocenters. The van der Waals surface area contributed by atoms with Crippen LogP contribution in [-0.2, 0) is 0 Å². The molecule has 0 aromatic rings. The summed E-state index contributed by atoms with van der Waals surface area (Å²) >= 11 is 0. The minimum atomic E-state index is 0.824. The van der Waals surface area contributed by atoms with E-state index >= 15 is 0 Å². The minimum absolute atomic E-state index is 0.824. The number of likely N-dealkylation sites (tertiary alicyclic amines) is 1. The smallest absolute Gasteiger partial charge is 0.00958 e. The summed E-state index contributed by atoms with van der Waals surface area (Å²) in [5.41, 5.74) is 0. The fraction of sp³-hybridized carbons (Fsp3) is 1.00. The maximum Gasteiger partial charge on any atom is 0.00958 e. The Kier molecular flexibility index (Phi) is 6.66. The van der Waals surface area contributed by atoms with Crippen molar-refractivity contribution in [3.8, 4) is 0 Å². The second kappa shape index (κ2) is 8.26. The van der Waals surface area contributed by atoms with E-state index in [2.05, 4.69) is 24.1 Å². The van der Waals surface area contributed by atoms with Gasteiger partial charge in [-0.2, -0.15) is 0 Å². The molecule has 19 heavy (non-hydrogen) atoms. The third-order valence-corrected chi connectivity index (χ3v) is 5.32. The summed E-state index contributed by atoms with van der Waals surface area (Å²) in [6, 6.07) is 1.71. The van der Waals surface area contributed by atoms with E-state index in [0.29, 0.717) is 0 Å². The van der Waals surface area contributed by atoms with Crippen molar-refractivity contribution in [1.29, 1.82) is 0 Å². The molecule has 0 bridgehead atoms. The summed E-state index contributed by atoms with van der Waals surface area (Å²) in [4.78, 5) is 2.79. The Morgan fingerprint density at radius 1 is 1.05 bits per heavy atom. The van der Waals surface area contributed by atoms with Gasteiger partial charge < -0.3 is 10.2 Å². The van der Waals surface area contributed by atoms with Gasteiger partial charge in [0.1, 0.15) is 0 Å². The lowest BCUT2D eigenvalue weighted by Crippen LogP contribution is -2.41. The first-order valence-corrected chi connectivity index (χ1v) is 8.82. The molecular weight excluding hydrogens is 232 g/mol. The van der Waals surface area contributed by atoms with Gasteiger partial charge in [-0.25, -0.2) is 0 Å². The number of nitrogens with one attached hydrogen (secondary N) is 1. The Balaban J connectivity index is 1.73. The van der Waals surface area contributed by atoms with Crippen molar-refractivity contribution >= 4 is 0 Å².